The lowest BCUT2D eigenvalue weighted by Gasteiger charge is -2.36. The third-order valence-electron chi connectivity index (χ3n) is 22.4. The number of nitrogens with zero attached hydrogens (tertiary/aromatic N) is 9. The second-order valence-corrected chi connectivity index (χ2v) is 29.8. The molecule has 6 aliphatic rings. The number of benzene rings is 6. The molecule has 9 aromatic rings. The van der Waals surface area contributed by atoms with Gasteiger partial charge in [-0.05, 0) is 231 Å². The highest BCUT2D eigenvalue weighted by Crippen LogP contribution is 2.44. The number of aryl methyl sites for hydroxylation is 3. The first-order valence-electron chi connectivity index (χ1n) is 35.6. The van der Waals surface area contributed by atoms with E-state index in [-0.39, 0.29) is 36.2 Å². The second kappa shape index (κ2) is 30.7. The molecule has 3 N–H and O–H groups in total. The molecule has 0 saturated carbocycles. The molecule has 15 nitrogen and oxygen atoms in total. The highest BCUT2D eigenvalue weighted by Gasteiger charge is 2.47. The number of unbranched alkanes of at least 4 members (excludes halogenated alkanes) is 1. The molecule has 0 spiro atoms. The van der Waals surface area contributed by atoms with E-state index in [1.54, 1.807) is 0 Å². The number of carbonyl (C=O) groups is 3. The van der Waals surface area contributed by atoms with E-state index in [2.05, 4.69) is 76.9 Å². The van der Waals surface area contributed by atoms with Crippen molar-refractivity contribution in [2.24, 2.45) is 5.92 Å². The van der Waals surface area contributed by atoms with Crippen LogP contribution in [-0.4, -0.2) is 136 Å². The zero-order valence-corrected chi connectivity index (χ0v) is 59.4. The fourth-order valence-electron chi connectivity index (χ4n) is 17.9. The van der Waals surface area contributed by atoms with Crippen molar-refractivity contribution in [1.82, 2.24) is 28.4 Å². The summed E-state index contributed by atoms with van der Waals surface area (Å²) in [5, 5.41) is 61.8. The van der Waals surface area contributed by atoms with Crippen LogP contribution >= 0.6 is 34.8 Å². The molecule has 100 heavy (non-hydrogen) atoms. The first-order valence-corrected chi connectivity index (χ1v) is 36.7. The summed E-state index contributed by atoms with van der Waals surface area (Å²) in [6, 6.07) is 50.2. The van der Waals surface area contributed by atoms with Gasteiger partial charge in [0.25, 0.3) is 0 Å². The van der Waals surface area contributed by atoms with Crippen LogP contribution < -0.4 is 0 Å². The average Bonchev–Trinajstić information content (AvgIpc) is 1.61. The lowest BCUT2D eigenvalue weighted by Crippen LogP contribution is -2.46. The van der Waals surface area contributed by atoms with Crippen molar-refractivity contribution < 1.29 is 29.7 Å². The summed E-state index contributed by atoms with van der Waals surface area (Å²) in [5.41, 5.74) is 14.2. The predicted octanol–water partition coefficient (Wildman–Crippen LogP) is 15.9. The summed E-state index contributed by atoms with van der Waals surface area (Å²) in [6.45, 7) is 7.41. The van der Waals surface area contributed by atoms with Crippen molar-refractivity contribution in [2.45, 2.75) is 185 Å². The van der Waals surface area contributed by atoms with Crippen LogP contribution in [0.25, 0.3) is 49.8 Å². The summed E-state index contributed by atoms with van der Waals surface area (Å²) < 4.78 is 6.41. The molecule has 6 fully saturated rings. The molecule has 6 aliphatic heterocycles. The van der Waals surface area contributed by atoms with Crippen molar-refractivity contribution >= 4 is 84.9 Å². The van der Waals surface area contributed by atoms with Crippen molar-refractivity contribution in [3.05, 3.63) is 193 Å². The number of fused-ring (bicyclic) bond motifs is 9. The molecular weight excluding hydrogens is 1310 g/mol. The van der Waals surface area contributed by atoms with Crippen molar-refractivity contribution in [2.75, 3.05) is 26.2 Å². The lowest BCUT2D eigenvalue weighted by atomic mass is 9.90. The summed E-state index contributed by atoms with van der Waals surface area (Å²) >= 11 is 18.4. The maximum absolute atomic E-state index is 13.8. The van der Waals surface area contributed by atoms with E-state index in [0.717, 1.165) is 184 Å². The van der Waals surface area contributed by atoms with Crippen LogP contribution in [0.4, 0.5) is 0 Å². The third kappa shape index (κ3) is 14.4. The number of Topliss-reactive ketones (excluding diaryl/α,β-unsaturated/α-hetero) is 3. The number of aliphatic hydroxyl groups excluding tert-OH is 3. The molecule has 516 valence electrons. The Hall–Kier alpha value is -7.95. The highest BCUT2D eigenvalue weighted by atomic mass is 35.5. The van der Waals surface area contributed by atoms with Crippen molar-refractivity contribution in [1.29, 1.82) is 15.8 Å². The number of hydrogen-bond acceptors (Lipinski definition) is 12. The number of hydrogen-bond donors (Lipinski definition) is 3. The van der Waals surface area contributed by atoms with E-state index >= 15 is 0 Å². The molecule has 6 unspecified atom stereocenters. The van der Waals surface area contributed by atoms with E-state index in [1.165, 1.54) is 0 Å². The van der Waals surface area contributed by atoms with Crippen LogP contribution in [-0.2, 0) is 19.3 Å². The molecule has 6 saturated heterocycles. The monoisotopic (exact) mass is 1400 g/mol. The van der Waals surface area contributed by atoms with Crippen LogP contribution in [0.15, 0.2) is 127 Å². The molecule has 9 heterocycles. The Morgan fingerprint density at radius 3 is 1.08 bits per heavy atom. The average molecular weight is 1400 g/mol. The van der Waals surface area contributed by atoms with E-state index in [9.17, 15) is 29.7 Å². The molecule has 6 bridgehead atoms. The third-order valence-corrected chi connectivity index (χ3v) is 23.2. The minimum atomic E-state index is -0.241. The van der Waals surface area contributed by atoms with E-state index in [1.807, 2.05) is 118 Å². The molecule has 3 aromatic heterocycles. The zero-order chi connectivity index (χ0) is 70.0. The van der Waals surface area contributed by atoms with E-state index in [4.69, 9.17) is 50.6 Å². The van der Waals surface area contributed by atoms with Gasteiger partial charge in [0.05, 0.1) is 66.6 Å². The van der Waals surface area contributed by atoms with Gasteiger partial charge in [-0.3, -0.25) is 29.1 Å². The van der Waals surface area contributed by atoms with Gasteiger partial charge in [-0.15, -0.1) is 0 Å². The molecule has 0 radical (unpaired) electrons. The lowest BCUT2D eigenvalue weighted by molar-refractivity contribution is 0.0344. The number of ketones is 3. The standard InChI is InChI=1S/C28H30ClN3O2.2C27H28ClN3O2/c1-18-28(27(34)16-31-23-10-12-25(31)20(15-23)17-33)24-11-5-19(4-2-3-13-30)14-26(24)32(18)22-8-6-21(29)7-9-22;2*1-17-27(26(33)16-30-21-9-10-22(30)15-23(32)14-21)24-11-4-18(3-2-12-29)13-25(24)31(17)20-7-5-19(28)6-8-20/h5-9,11,14,20,23,25,33H,2-4,10,12,15-17H2,1H3;2*4-8,11,13,21-23,32H,2-3,9-10,14-16H2,1H3/t20-,23?,25?;;/m1../s1. The Labute approximate surface area is 600 Å². The van der Waals surface area contributed by atoms with Gasteiger partial charge in [0.1, 0.15) is 0 Å². The van der Waals surface area contributed by atoms with Crippen LogP contribution in [0.3, 0.4) is 0 Å². The summed E-state index contributed by atoms with van der Waals surface area (Å²) in [6.07, 6.45) is 14.4. The number of rotatable bonds is 20. The molecule has 0 aliphatic carbocycles. The topological polar surface area (TPSA) is 208 Å². The van der Waals surface area contributed by atoms with Gasteiger partial charge in [-0.2, -0.15) is 15.8 Å². The van der Waals surface area contributed by atoms with Crippen LogP contribution in [0.5, 0.6) is 0 Å². The van der Waals surface area contributed by atoms with Gasteiger partial charge in [0, 0.05) is 144 Å². The van der Waals surface area contributed by atoms with Gasteiger partial charge in [0.15, 0.2) is 17.3 Å². The second-order valence-electron chi connectivity index (χ2n) is 28.5. The summed E-state index contributed by atoms with van der Waals surface area (Å²) in [5.74, 6) is 0.688. The number of aliphatic hydroxyl groups is 3. The van der Waals surface area contributed by atoms with Gasteiger partial charge >= 0.3 is 0 Å². The number of piperidine rings is 2. The smallest absolute Gasteiger partial charge is 0.179 e. The Morgan fingerprint density at radius 1 is 0.430 bits per heavy atom. The number of carbonyl (C=O) groups excluding carboxylic acids is 3. The van der Waals surface area contributed by atoms with Crippen LogP contribution in [0.2, 0.25) is 15.1 Å². The molecule has 7 atom stereocenters. The Morgan fingerprint density at radius 2 is 0.750 bits per heavy atom. The largest absolute Gasteiger partial charge is 0.396 e. The quantitative estimate of drug-likeness (QED) is 0.0481. The van der Waals surface area contributed by atoms with Gasteiger partial charge in [-0.25, -0.2) is 0 Å². The van der Waals surface area contributed by atoms with Gasteiger partial charge < -0.3 is 29.0 Å². The van der Waals surface area contributed by atoms with E-state index in [0.29, 0.717) is 109 Å². The molecule has 0 amide bonds. The molecule has 18 heteroatoms. The minimum Gasteiger partial charge on any atom is -0.396 e. The van der Waals surface area contributed by atoms with Gasteiger partial charge in [-0.1, -0.05) is 71.2 Å². The number of aromatic nitrogens is 3. The first kappa shape index (κ1) is 70.5. The van der Waals surface area contributed by atoms with Crippen LogP contribution in [0, 0.1) is 60.7 Å². The fraction of sp³-hybridized carbons (Fsp3) is 0.415. The van der Waals surface area contributed by atoms with Crippen LogP contribution in [0.1, 0.15) is 161 Å². The Bertz CT molecular complexity index is 4450. The SMILES string of the molecule is Cc1c(C(=O)CN2C3CCC2CC(O)C3)c2ccc(CCC#N)cc2n1-c1ccc(Cl)cc1.Cc1c(C(=O)CN2C3CCC2CC(O)C3)c2ccc(CCC#N)cc2n1-c1ccc(Cl)cc1.Cc1c(C(=O)CN2C3CCC2[C@@H](CO)C3)c2ccc(CCCC#N)cc2n1-c1ccc(Cl)cc1. The summed E-state index contributed by atoms with van der Waals surface area (Å²) in [7, 11) is 0. The van der Waals surface area contributed by atoms with Crippen molar-refractivity contribution in [3.8, 4) is 35.3 Å². The molecular formula is C82H86Cl3N9O6. The number of nitriles is 3. The maximum atomic E-state index is 13.8. The van der Waals surface area contributed by atoms with Crippen molar-refractivity contribution in [3.63, 3.8) is 0 Å². The maximum Gasteiger partial charge on any atom is 0.179 e. The number of halogens is 3. The minimum absolute atomic E-state index is 0.128. The normalized spacial score (nSPS) is 22.3. The summed E-state index contributed by atoms with van der Waals surface area (Å²) in [4.78, 5) is 48.2. The Kier molecular flexibility index (Phi) is 21.6. The van der Waals surface area contributed by atoms with Gasteiger partial charge in [0.2, 0.25) is 0 Å². The first-order chi connectivity index (χ1) is 48.4. The highest BCUT2D eigenvalue weighted by molar-refractivity contribution is 6.31. The fourth-order valence-corrected chi connectivity index (χ4v) is 18.2. The predicted molar refractivity (Wildman–Crippen MR) is 395 cm³/mol. The Balaban J connectivity index is 0.000000134. The van der Waals surface area contributed by atoms with E-state index < -0.39 is 0 Å². The molecule has 6 aromatic carbocycles. The zero-order valence-electron chi connectivity index (χ0n) is 57.1. The molecule has 15 rings (SSSR count).